The molecule has 9 heteroatoms. The smallest absolute Gasteiger partial charge is 0.350 e. The van der Waals surface area contributed by atoms with E-state index in [0.29, 0.717) is 29.2 Å². The number of Topliss-reactive ketones (excluding diaryl/α,β-unsaturated/α-hetero) is 1. The zero-order valence-electron chi connectivity index (χ0n) is 20.4. The number of esters is 1. The van der Waals surface area contributed by atoms with E-state index in [-0.39, 0.29) is 21.3 Å². The molecule has 1 fully saturated rings. The third-order valence-electron chi connectivity index (χ3n) is 5.80. The minimum atomic E-state index is -0.933. The largest absolute Gasteiger partial charge is 0.507 e. The zero-order valence-corrected chi connectivity index (χ0v) is 21.2. The van der Waals surface area contributed by atoms with Crippen molar-refractivity contribution < 1.29 is 29.0 Å². The molecule has 1 saturated heterocycles. The van der Waals surface area contributed by atoms with Gasteiger partial charge in [-0.1, -0.05) is 48.1 Å². The molecule has 2 aromatic carbocycles. The number of aryl methyl sites for hydroxylation is 2. The highest BCUT2D eigenvalue weighted by molar-refractivity contribution is 7.17. The van der Waals surface area contributed by atoms with Gasteiger partial charge >= 0.3 is 11.9 Å². The Bertz CT molecular complexity index is 1340. The van der Waals surface area contributed by atoms with Gasteiger partial charge in [0.25, 0.3) is 5.78 Å². The summed E-state index contributed by atoms with van der Waals surface area (Å²) >= 11 is 0.962. The van der Waals surface area contributed by atoms with Crippen LogP contribution in [0.5, 0.6) is 5.75 Å². The number of carbonyl (C=O) groups excluding carboxylic acids is 3. The van der Waals surface area contributed by atoms with Gasteiger partial charge in [-0.3, -0.25) is 14.5 Å². The number of carbonyl (C=O) groups is 3. The van der Waals surface area contributed by atoms with Crippen LogP contribution >= 0.6 is 11.3 Å². The molecule has 1 aliphatic heterocycles. The van der Waals surface area contributed by atoms with Crippen molar-refractivity contribution in [3.05, 3.63) is 81.4 Å². The normalized spacial score (nSPS) is 16.9. The first-order chi connectivity index (χ1) is 17.3. The van der Waals surface area contributed by atoms with Gasteiger partial charge in [0, 0.05) is 5.56 Å². The van der Waals surface area contributed by atoms with Crippen LogP contribution in [0.15, 0.2) is 54.1 Å². The van der Waals surface area contributed by atoms with E-state index in [2.05, 4.69) is 4.98 Å². The molecule has 1 aliphatic rings. The number of thiazole rings is 1. The Labute approximate surface area is 212 Å². The third-order valence-corrected chi connectivity index (χ3v) is 6.94. The summed E-state index contributed by atoms with van der Waals surface area (Å²) < 4.78 is 10.4. The summed E-state index contributed by atoms with van der Waals surface area (Å²) in [5.74, 6) is -1.92. The number of hydrogen-bond acceptors (Lipinski definition) is 8. The van der Waals surface area contributed by atoms with E-state index in [0.717, 1.165) is 23.3 Å². The number of aliphatic hydroxyl groups excluding tert-OH is 1. The maximum Gasteiger partial charge on any atom is 0.350 e. The van der Waals surface area contributed by atoms with Gasteiger partial charge in [0.1, 0.15) is 16.4 Å². The van der Waals surface area contributed by atoms with E-state index in [1.807, 2.05) is 26.0 Å². The third kappa shape index (κ3) is 4.61. The molecular formula is C27H26N2O6S. The van der Waals surface area contributed by atoms with Crippen LogP contribution in [0.4, 0.5) is 5.13 Å². The number of aliphatic hydroxyl groups is 1. The van der Waals surface area contributed by atoms with Crippen LogP contribution in [0, 0.1) is 13.8 Å². The molecule has 4 rings (SSSR count). The van der Waals surface area contributed by atoms with Crippen LogP contribution < -0.4 is 9.64 Å². The van der Waals surface area contributed by atoms with Crippen LogP contribution in [0.1, 0.15) is 51.4 Å². The molecule has 8 nitrogen and oxygen atoms in total. The van der Waals surface area contributed by atoms with Crippen LogP contribution in [-0.4, -0.2) is 41.5 Å². The lowest BCUT2D eigenvalue weighted by Crippen LogP contribution is -2.29. The fourth-order valence-electron chi connectivity index (χ4n) is 3.95. The molecule has 1 amide bonds. The highest BCUT2D eigenvalue weighted by Crippen LogP contribution is 2.44. The Hall–Kier alpha value is -3.98. The van der Waals surface area contributed by atoms with E-state index >= 15 is 0 Å². The fraction of sp³-hybridized carbons (Fsp3) is 0.259. The van der Waals surface area contributed by atoms with Crippen LogP contribution in [-0.2, 0) is 14.3 Å². The second-order valence-corrected chi connectivity index (χ2v) is 9.33. The second kappa shape index (κ2) is 10.3. The van der Waals surface area contributed by atoms with Gasteiger partial charge in [0.2, 0.25) is 0 Å². The summed E-state index contributed by atoms with van der Waals surface area (Å²) in [6.07, 6.45) is 0.857. The Balaban J connectivity index is 1.85. The highest BCUT2D eigenvalue weighted by Gasteiger charge is 2.48. The molecule has 0 bridgehead atoms. The van der Waals surface area contributed by atoms with E-state index in [9.17, 15) is 19.5 Å². The molecule has 0 spiro atoms. The minimum absolute atomic E-state index is 0.0569. The number of amides is 1. The van der Waals surface area contributed by atoms with E-state index in [1.165, 1.54) is 12.0 Å². The van der Waals surface area contributed by atoms with Crippen molar-refractivity contribution in [1.29, 1.82) is 0 Å². The molecule has 2 heterocycles. The van der Waals surface area contributed by atoms with Crippen molar-refractivity contribution in [2.24, 2.45) is 0 Å². The predicted octanol–water partition coefficient (Wildman–Crippen LogP) is 4.96. The molecule has 1 atom stereocenters. The number of nitrogens with zero attached hydrogens (tertiary/aromatic N) is 2. The average Bonchev–Trinajstić information content (AvgIpc) is 3.39. The first-order valence-electron chi connectivity index (χ1n) is 11.4. The van der Waals surface area contributed by atoms with Gasteiger partial charge < -0.3 is 14.6 Å². The summed E-state index contributed by atoms with van der Waals surface area (Å²) in [6.45, 7) is 6.12. The number of rotatable bonds is 7. The van der Waals surface area contributed by atoms with Gasteiger partial charge in [-0.25, -0.2) is 9.78 Å². The first kappa shape index (κ1) is 25.1. The van der Waals surface area contributed by atoms with Gasteiger partial charge in [-0.15, -0.1) is 0 Å². The SMILES string of the molecule is CCCOc1ccc(/C(O)=C2\C(=O)C(=O)N(c3nc(C)c(C(=O)OC)s3)[C@H]2c2ccc(C)cc2)cc1. The van der Waals surface area contributed by atoms with Gasteiger partial charge in [-0.2, -0.15) is 0 Å². The average molecular weight is 507 g/mol. The van der Waals surface area contributed by atoms with Crippen LogP contribution in [0.25, 0.3) is 5.76 Å². The summed E-state index contributed by atoms with van der Waals surface area (Å²) in [6, 6.07) is 13.1. The standard InChI is InChI=1S/C27H26N2O6S/c1-5-14-35-19-12-10-18(11-13-19)22(30)20-21(17-8-6-15(2)7-9-17)29(25(32)23(20)31)27-28-16(3)24(36-27)26(33)34-4/h6-13,21,30H,5,14H2,1-4H3/b22-20+/t21-/m0/s1. The molecule has 0 unspecified atom stereocenters. The minimum Gasteiger partial charge on any atom is -0.507 e. The van der Waals surface area contributed by atoms with Crippen molar-refractivity contribution in [3.63, 3.8) is 0 Å². The van der Waals surface area contributed by atoms with Crippen LogP contribution in [0.2, 0.25) is 0 Å². The number of ketones is 1. The molecule has 0 aliphatic carbocycles. The number of anilines is 1. The number of methoxy groups -OCH3 is 1. The summed E-state index contributed by atoms with van der Waals surface area (Å²) in [4.78, 5) is 44.6. The molecule has 0 saturated carbocycles. The molecule has 1 N–H and O–H groups in total. The zero-order chi connectivity index (χ0) is 26.0. The van der Waals surface area contributed by atoms with Crippen LogP contribution in [0.3, 0.4) is 0 Å². The Morgan fingerprint density at radius 2 is 1.75 bits per heavy atom. The maximum atomic E-state index is 13.3. The monoisotopic (exact) mass is 506 g/mol. The van der Waals surface area contributed by atoms with E-state index in [4.69, 9.17) is 9.47 Å². The Morgan fingerprint density at radius 3 is 2.36 bits per heavy atom. The molecule has 36 heavy (non-hydrogen) atoms. The summed E-state index contributed by atoms with van der Waals surface area (Å²) in [5.41, 5.74) is 2.32. The predicted molar refractivity (Wildman–Crippen MR) is 136 cm³/mol. The molecule has 0 radical (unpaired) electrons. The van der Waals surface area contributed by atoms with E-state index < -0.39 is 23.7 Å². The fourth-order valence-corrected chi connectivity index (χ4v) is 4.96. The lowest BCUT2D eigenvalue weighted by molar-refractivity contribution is -0.132. The number of hydrogen-bond donors (Lipinski definition) is 1. The first-order valence-corrected chi connectivity index (χ1v) is 12.2. The lowest BCUT2D eigenvalue weighted by atomic mass is 9.95. The van der Waals surface area contributed by atoms with Gasteiger partial charge in [0.05, 0.1) is 31.0 Å². The van der Waals surface area contributed by atoms with E-state index in [1.54, 1.807) is 43.3 Å². The molecule has 1 aromatic heterocycles. The Morgan fingerprint density at radius 1 is 1.08 bits per heavy atom. The number of benzene rings is 2. The van der Waals surface area contributed by atoms with Crippen molar-refractivity contribution in [1.82, 2.24) is 4.98 Å². The lowest BCUT2D eigenvalue weighted by Gasteiger charge is -2.23. The summed E-state index contributed by atoms with van der Waals surface area (Å²) in [5, 5.41) is 11.4. The van der Waals surface area contributed by atoms with Crippen molar-refractivity contribution in [2.45, 2.75) is 33.2 Å². The van der Waals surface area contributed by atoms with Gasteiger partial charge in [-0.05, 0) is 50.1 Å². The quantitative estimate of drug-likeness (QED) is 0.209. The number of ether oxygens (including phenoxy) is 2. The molecule has 3 aromatic rings. The van der Waals surface area contributed by atoms with Crippen molar-refractivity contribution in [3.8, 4) is 5.75 Å². The second-order valence-electron chi connectivity index (χ2n) is 8.36. The number of aromatic nitrogens is 1. The van der Waals surface area contributed by atoms with Gasteiger partial charge in [0.15, 0.2) is 5.13 Å². The van der Waals surface area contributed by atoms with Crippen molar-refractivity contribution >= 4 is 39.9 Å². The maximum absolute atomic E-state index is 13.3. The molecular weight excluding hydrogens is 480 g/mol. The Kier molecular flexibility index (Phi) is 7.21. The summed E-state index contributed by atoms with van der Waals surface area (Å²) in [7, 11) is 1.26. The van der Waals surface area contributed by atoms with Crippen molar-refractivity contribution in [2.75, 3.05) is 18.6 Å². The topological polar surface area (TPSA) is 106 Å². The molecule has 186 valence electrons. The highest BCUT2D eigenvalue weighted by atomic mass is 32.1.